The molecule has 0 saturated carbocycles. The van der Waals surface area contributed by atoms with Crippen LogP contribution in [0.4, 0.5) is 0 Å². The van der Waals surface area contributed by atoms with Crippen LogP contribution in [-0.2, 0) is 43.2 Å². The molecule has 0 saturated heterocycles. The van der Waals surface area contributed by atoms with Gasteiger partial charge in [0, 0.05) is 48.3 Å². The fourth-order valence-electron chi connectivity index (χ4n) is 4.73. The number of aromatic amines is 2. The van der Waals surface area contributed by atoms with E-state index in [1.165, 1.54) is 36.8 Å². The van der Waals surface area contributed by atoms with Gasteiger partial charge in [-0.05, 0) is 29.3 Å². The van der Waals surface area contributed by atoms with E-state index in [4.69, 9.17) is 5.73 Å². The van der Waals surface area contributed by atoms with Gasteiger partial charge >= 0.3 is 11.9 Å². The highest BCUT2D eigenvalue weighted by molar-refractivity contribution is 5.96. The molecule has 2 heterocycles. The van der Waals surface area contributed by atoms with Crippen molar-refractivity contribution < 1.29 is 39.3 Å². The molecule has 15 nitrogen and oxygen atoms in total. The fourth-order valence-corrected chi connectivity index (χ4v) is 4.73. The Labute approximate surface area is 256 Å². The number of rotatable bonds is 15. The molecule has 0 aliphatic heterocycles. The van der Waals surface area contributed by atoms with Crippen molar-refractivity contribution in [2.45, 2.75) is 49.9 Å². The van der Waals surface area contributed by atoms with Crippen LogP contribution in [0, 0.1) is 0 Å². The molecule has 4 aromatic rings. The van der Waals surface area contributed by atoms with Crippen molar-refractivity contribution in [3.8, 4) is 5.75 Å². The third-order valence-corrected chi connectivity index (χ3v) is 7.07. The molecule has 0 radical (unpaired) electrons. The van der Waals surface area contributed by atoms with Crippen molar-refractivity contribution in [3.63, 3.8) is 0 Å². The molecule has 10 N–H and O–H groups in total. The Morgan fingerprint density at radius 1 is 0.800 bits per heavy atom. The van der Waals surface area contributed by atoms with Crippen LogP contribution in [0.5, 0.6) is 5.75 Å². The number of aromatic hydroxyl groups is 1. The molecule has 4 unspecified atom stereocenters. The van der Waals surface area contributed by atoms with Crippen molar-refractivity contribution in [2.75, 3.05) is 0 Å². The first-order chi connectivity index (χ1) is 21.5. The number of nitrogens with two attached hydrogens (primary N) is 1. The van der Waals surface area contributed by atoms with E-state index < -0.39 is 60.2 Å². The average Bonchev–Trinajstić information content (AvgIpc) is 3.66. The number of carboxylic acids is 2. The molecule has 2 aromatic heterocycles. The number of hydrogen-bond donors (Lipinski definition) is 9. The van der Waals surface area contributed by atoms with Gasteiger partial charge in [0.2, 0.25) is 17.7 Å². The van der Waals surface area contributed by atoms with E-state index in [0.29, 0.717) is 16.8 Å². The normalized spacial score (nSPS) is 13.7. The summed E-state index contributed by atoms with van der Waals surface area (Å²) in [6.07, 6.45) is 3.61. The van der Waals surface area contributed by atoms with E-state index in [9.17, 15) is 39.3 Å². The number of imidazole rings is 1. The van der Waals surface area contributed by atoms with Gasteiger partial charge in [0.05, 0.1) is 18.8 Å². The summed E-state index contributed by atoms with van der Waals surface area (Å²) in [6, 6.07) is 7.42. The highest BCUT2D eigenvalue weighted by Gasteiger charge is 2.32. The lowest BCUT2D eigenvalue weighted by molar-refractivity contribution is -0.143. The van der Waals surface area contributed by atoms with Crippen molar-refractivity contribution in [1.82, 2.24) is 30.9 Å². The number of nitrogens with zero attached hydrogens (tertiary/aromatic N) is 1. The summed E-state index contributed by atoms with van der Waals surface area (Å²) < 4.78 is 0. The molecule has 0 spiro atoms. The number of carbonyl (C=O) groups is 5. The summed E-state index contributed by atoms with van der Waals surface area (Å²) in [5, 5.41) is 36.7. The summed E-state index contributed by atoms with van der Waals surface area (Å²) in [7, 11) is 0. The summed E-state index contributed by atoms with van der Waals surface area (Å²) in [5.74, 6) is -5.47. The molecule has 0 bridgehead atoms. The summed E-state index contributed by atoms with van der Waals surface area (Å²) in [4.78, 5) is 73.3. The van der Waals surface area contributed by atoms with Gasteiger partial charge in [-0.15, -0.1) is 0 Å². The molecule has 4 atom stereocenters. The number of fused-ring (bicyclic) bond motifs is 1. The predicted octanol–water partition coefficient (Wildman–Crippen LogP) is -0.0345. The number of benzene rings is 2. The molecule has 45 heavy (non-hydrogen) atoms. The molecule has 0 aliphatic rings. The van der Waals surface area contributed by atoms with Crippen molar-refractivity contribution in [2.24, 2.45) is 5.73 Å². The van der Waals surface area contributed by atoms with Gasteiger partial charge in [0.15, 0.2) is 0 Å². The van der Waals surface area contributed by atoms with Crippen LogP contribution in [0.25, 0.3) is 10.9 Å². The largest absolute Gasteiger partial charge is 0.508 e. The topological polar surface area (TPSA) is 253 Å². The first-order valence-electron chi connectivity index (χ1n) is 13.9. The second-order valence-corrected chi connectivity index (χ2v) is 10.4. The zero-order chi connectivity index (χ0) is 32.5. The van der Waals surface area contributed by atoms with Gasteiger partial charge in [-0.25, -0.2) is 9.78 Å². The van der Waals surface area contributed by atoms with Gasteiger partial charge in [-0.1, -0.05) is 30.3 Å². The Kier molecular flexibility index (Phi) is 10.5. The first kappa shape index (κ1) is 32.2. The highest BCUT2D eigenvalue weighted by Crippen LogP contribution is 2.19. The van der Waals surface area contributed by atoms with Crippen molar-refractivity contribution in [1.29, 1.82) is 0 Å². The van der Waals surface area contributed by atoms with Crippen molar-refractivity contribution in [3.05, 3.63) is 84.1 Å². The van der Waals surface area contributed by atoms with Crippen LogP contribution >= 0.6 is 0 Å². The zero-order valence-electron chi connectivity index (χ0n) is 23.9. The molecule has 3 amide bonds. The smallest absolute Gasteiger partial charge is 0.326 e. The van der Waals surface area contributed by atoms with Crippen LogP contribution in [0.15, 0.2) is 67.3 Å². The van der Waals surface area contributed by atoms with Crippen LogP contribution in [0.3, 0.4) is 0 Å². The van der Waals surface area contributed by atoms with Gasteiger partial charge in [0.1, 0.15) is 23.9 Å². The minimum atomic E-state index is -1.68. The maximum Gasteiger partial charge on any atom is 0.326 e. The van der Waals surface area contributed by atoms with Crippen molar-refractivity contribution >= 4 is 40.6 Å². The minimum Gasteiger partial charge on any atom is -0.508 e. The minimum absolute atomic E-state index is 0.0320. The van der Waals surface area contributed by atoms with E-state index in [1.54, 1.807) is 12.3 Å². The quantitative estimate of drug-likeness (QED) is 0.0858. The van der Waals surface area contributed by atoms with Gasteiger partial charge in [-0.2, -0.15) is 0 Å². The van der Waals surface area contributed by atoms with E-state index in [2.05, 4.69) is 30.9 Å². The third kappa shape index (κ3) is 8.90. The second-order valence-electron chi connectivity index (χ2n) is 10.4. The standard InChI is InChI=1S/C30H33N7O8/c31-21(11-18-14-32-15-34-18)27(41)35-23(10-17-13-33-22-4-2-1-3-20(17)22)28(42)36-24(12-26(39)40)29(43)37-25(30(44)45)9-16-5-7-19(38)8-6-16/h1-8,13-15,21,23-25,33,38H,9-12,31H2,(H,32,34)(H,35,41)(H,36,42)(H,37,43)(H,39,40)(H,44,45). The maximum absolute atomic E-state index is 13.6. The molecule has 15 heteroatoms. The lowest BCUT2D eigenvalue weighted by atomic mass is 10.0. The Bertz CT molecular complexity index is 1650. The number of carbonyl (C=O) groups excluding carboxylic acids is 3. The van der Waals surface area contributed by atoms with E-state index >= 15 is 0 Å². The zero-order valence-corrected chi connectivity index (χ0v) is 23.9. The number of nitrogens with one attached hydrogen (secondary N) is 5. The third-order valence-electron chi connectivity index (χ3n) is 7.07. The molecule has 4 rings (SSSR count). The predicted molar refractivity (Wildman–Crippen MR) is 160 cm³/mol. The van der Waals surface area contributed by atoms with Crippen LogP contribution in [0.1, 0.15) is 23.2 Å². The SMILES string of the molecule is NC(Cc1cnc[nH]1)C(=O)NC(Cc1c[nH]c2ccccc12)C(=O)NC(CC(=O)O)C(=O)NC(Cc1ccc(O)cc1)C(=O)O. The van der Waals surface area contributed by atoms with Gasteiger partial charge in [-0.3, -0.25) is 19.2 Å². The number of hydrogen-bond acceptors (Lipinski definition) is 8. The Balaban J connectivity index is 1.53. The summed E-state index contributed by atoms with van der Waals surface area (Å²) >= 11 is 0. The number of H-pyrrole nitrogens is 2. The molecule has 0 aliphatic carbocycles. The lowest BCUT2D eigenvalue weighted by Crippen LogP contribution is -2.58. The van der Waals surface area contributed by atoms with Crippen LogP contribution in [-0.4, -0.2) is 84.1 Å². The molecule has 2 aromatic carbocycles. The number of aliphatic carboxylic acids is 2. The Morgan fingerprint density at radius 2 is 1.47 bits per heavy atom. The molecule has 236 valence electrons. The monoisotopic (exact) mass is 619 g/mol. The van der Waals surface area contributed by atoms with E-state index in [-0.39, 0.29) is 25.0 Å². The number of aromatic nitrogens is 3. The molecular weight excluding hydrogens is 586 g/mol. The Morgan fingerprint density at radius 3 is 2.13 bits per heavy atom. The van der Waals surface area contributed by atoms with E-state index in [1.807, 2.05) is 18.2 Å². The van der Waals surface area contributed by atoms with Gasteiger partial charge in [0.25, 0.3) is 0 Å². The molecule has 0 fully saturated rings. The maximum atomic E-state index is 13.6. The summed E-state index contributed by atoms with van der Waals surface area (Å²) in [5.41, 5.74) is 8.59. The van der Waals surface area contributed by atoms with Gasteiger partial charge < -0.3 is 47.0 Å². The second kappa shape index (κ2) is 14.7. The van der Waals surface area contributed by atoms with Crippen LogP contribution in [0.2, 0.25) is 0 Å². The average molecular weight is 620 g/mol. The fraction of sp³-hybridized carbons (Fsp3) is 0.267. The number of phenols is 1. The number of carboxylic acid groups (broad SMARTS) is 2. The summed E-state index contributed by atoms with van der Waals surface area (Å²) in [6.45, 7) is 0. The Hall–Kier alpha value is -5.70. The highest BCUT2D eigenvalue weighted by atomic mass is 16.4. The number of para-hydroxylation sites is 1. The first-order valence-corrected chi connectivity index (χ1v) is 13.9. The lowest BCUT2D eigenvalue weighted by Gasteiger charge is -2.24. The van der Waals surface area contributed by atoms with Crippen LogP contribution < -0.4 is 21.7 Å². The van der Waals surface area contributed by atoms with E-state index in [0.717, 1.165) is 10.9 Å². The number of amides is 3. The molecular formula is C30H33N7O8. The number of phenolic OH excluding ortho intramolecular Hbond substituents is 1.